The van der Waals surface area contributed by atoms with Gasteiger partial charge in [0, 0.05) is 22.3 Å². The zero-order chi connectivity index (χ0) is 32.6. The molecule has 0 spiro atoms. The standard InChI is InChI=1S/C34H12N6O4S2/c1-13-27-33(45-25(39-27)9-21-29(41)17-5-15(11-35)16(12-36)6-18(17)30(21)42)14(2)28-34(13)46-26(40-28)10-22-31(43)19-7-23(37-3)24(38-4)8-20(19)32(22)44/h5-10H,1-2H3. The lowest BCUT2D eigenvalue weighted by Crippen LogP contribution is -2.00. The van der Waals surface area contributed by atoms with Crippen molar-refractivity contribution >= 4 is 89.8 Å². The third kappa shape index (κ3) is 3.89. The molecule has 2 aliphatic carbocycles. The second kappa shape index (κ2) is 10.1. The van der Waals surface area contributed by atoms with E-state index >= 15 is 0 Å². The number of aromatic nitrogens is 2. The van der Waals surface area contributed by atoms with E-state index in [2.05, 4.69) is 9.69 Å². The van der Waals surface area contributed by atoms with Crippen molar-refractivity contribution in [2.45, 2.75) is 13.8 Å². The summed E-state index contributed by atoms with van der Waals surface area (Å²) in [5.41, 5.74) is 3.09. The average molecular weight is 633 g/mol. The molecule has 0 saturated heterocycles. The van der Waals surface area contributed by atoms with Crippen LogP contribution in [0.5, 0.6) is 0 Å². The van der Waals surface area contributed by atoms with Crippen LogP contribution in [-0.4, -0.2) is 33.1 Å². The second-order valence-corrected chi connectivity index (χ2v) is 12.5. The summed E-state index contributed by atoms with van der Waals surface area (Å²) in [6, 6.07) is 8.89. The highest BCUT2D eigenvalue weighted by molar-refractivity contribution is 7.21. The Kier molecular flexibility index (Phi) is 6.19. The fourth-order valence-corrected chi connectivity index (χ4v) is 7.75. The van der Waals surface area contributed by atoms with E-state index in [1.54, 1.807) is 0 Å². The maximum atomic E-state index is 13.2. The van der Waals surface area contributed by atoms with Gasteiger partial charge in [-0.1, -0.05) is 12.1 Å². The average Bonchev–Trinajstić information content (AvgIpc) is 3.80. The number of nitrogens with zero attached hydrogens (tertiary/aromatic N) is 6. The SMILES string of the molecule is [C-]#[N+]c1cc2c(cc1[N+]#[C-])C(=O)C(=Cc1nc3c(C)c4sc(C=C5C(=O)c6cc(C#N)c(C#N)cc6C5=O)nc4c(C)c3s1)C2=O. The van der Waals surface area contributed by atoms with Crippen molar-refractivity contribution in [3.63, 3.8) is 0 Å². The van der Waals surface area contributed by atoms with Gasteiger partial charge in [0.2, 0.25) is 0 Å². The summed E-state index contributed by atoms with van der Waals surface area (Å²) in [7, 11) is 0. The van der Waals surface area contributed by atoms with Crippen LogP contribution in [0.2, 0.25) is 0 Å². The largest absolute Gasteiger partial charge is 0.288 e. The summed E-state index contributed by atoms with van der Waals surface area (Å²) < 4.78 is 1.57. The number of carbonyl (C=O) groups is 4. The third-order valence-corrected chi connectivity index (χ3v) is 10.2. The molecule has 12 heteroatoms. The van der Waals surface area contributed by atoms with Crippen LogP contribution in [0, 0.1) is 49.7 Å². The predicted octanol–water partition coefficient (Wildman–Crippen LogP) is 7.29. The highest BCUT2D eigenvalue weighted by Crippen LogP contribution is 2.41. The van der Waals surface area contributed by atoms with E-state index in [0.29, 0.717) is 21.0 Å². The molecule has 10 nitrogen and oxygen atoms in total. The number of allylic oxidation sites excluding steroid dienone is 2. The number of rotatable bonds is 2. The normalized spacial score (nSPS) is 13.4. The minimum atomic E-state index is -0.539. The summed E-state index contributed by atoms with van der Waals surface area (Å²) in [5.74, 6) is -2.13. The summed E-state index contributed by atoms with van der Waals surface area (Å²) in [5, 5.41) is 19.5. The summed E-state index contributed by atoms with van der Waals surface area (Å²) in [6.07, 6.45) is 2.86. The van der Waals surface area contributed by atoms with Crippen LogP contribution in [0.25, 0.3) is 42.3 Å². The fraction of sp³-hybridized carbons (Fsp3) is 0.0588. The molecule has 3 aromatic carbocycles. The van der Waals surface area contributed by atoms with Crippen LogP contribution < -0.4 is 0 Å². The minimum Gasteiger partial charge on any atom is -0.288 e. The number of carbonyl (C=O) groups excluding carboxylic acids is 4. The molecule has 2 aromatic heterocycles. The first-order valence-electron chi connectivity index (χ1n) is 13.3. The molecule has 2 aliphatic rings. The number of aryl methyl sites for hydroxylation is 2. The summed E-state index contributed by atoms with van der Waals surface area (Å²) in [6.45, 7) is 18.3. The van der Waals surface area contributed by atoms with Crippen molar-refractivity contribution in [2.24, 2.45) is 0 Å². The van der Waals surface area contributed by atoms with Gasteiger partial charge in [-0.05, 0) is 49.3 Å². The van der Waals surface area contributed by atoms with Gasteiger partial charge in [-0.3, -0.25) is 28.9 Å². The Morgan fingerprint density at radius 1 is 0.652 bits per heavy atom. The van der Waals surface area contributed by atoms with Gasteiger partial charge in [-0.15, -0.1) is 22.7 Å². The van der Waals surface area contributed by atoms with Gasteiger partial charge in [0.15, 0.2) is 34.5 Å². The lowest BCUT2D eigenvalue weighted by atomic mass is 10.0. The Morgan fingerprint density at radius 2 is 1.00 bits per heavy atom. The summed E-state index contributed by atoms with van der Waals surface area (Å²) in [4.78, 5) is 68.7. The quantitative estimate of drug-likeness (QED) is 0.112. The highest BCUT2D eigenvalue weighted by atomic mass is 32.1. The number of ketones is 4. The summed E-state index contributed by atoms with van der Waals surface area (Å²) >= 11 is 2.55. The van der Waals surface area contributed by atoms with Crippen LogP contribution in [0.15, 0.2) is 35.4 Å². The van der Waals surface area contributed by atoms with Gasteiger partial charge in [-0.2, -0.15) is 10.5 Å². The van der Waals surface area contributed by atoms with E-state index in [0.717, 1.165) is 20.5 Å². The van der Waals surface area contributed by atoms with Crippen LogP contribution in [0.3, 0.4) is 0 Å². The van der Waals surface area contributed by atoms with Crippen molar-refractivity contribution in [1.82, 2.24) is 9.97 Å². The lowest BCUT2D eigenvalue weighted by Gasteiger charge is -2.00. The number of benzene rings is 3. The maximum Gasteiger partial charge on any atom is 0.197 e. The molecular formula is C34H12N6O4S2. The Hall–Kier alpha value is -6.44. The first-order valence-corrected chi connectivity index (χ1v) is 15.0. The Balaban J connectivity index is 1.28. The lowest BCUT2D eigenvalue weighted by molar-refractivity contribution is 0.0975. The van der Waals surface area contributed by atoms with E-state index in [9.17, 15) is 29.7 Å². The number of nitriles is 2. The molecular weight excluding hydrogens is 621 g/mol. The monoisotopic (exact) mass is 632 g/mol. The number of Topliss-reactive ketones (excluding diaryl/α,β-unsaturated/α-hetero) is 4. The second-order valence-electron chi connectivity index (χ2n) is 10.4. The van der Waals surface area contributed by atoms with Crippen LogP contribution in [0.1, 0.15) is 73.7 Å². The fourth-order valence-electron chi connectivity index (χ4n) is 5.62. The van der Waals surface area contributed by atoms with Crippen LogP contribution >= 0.6 is 22.7 Å². The topological polar surface area (TPSA) is 150 Å². The number of hydrogen-bond acceptors (Lipinski definition) is 10. The van der Waals surface area contributed by atoms with E-state index in [4.69, 9.17) is 23.1 Å². The van der Waals surface area contributed by atoms with Gasteiger partial charge in [0.05, 0.1) is 55.9 Å². The van der Waals surface area contributed by atoms with E-state index < -0.39 is 23.1 Å². The first kappa shape index (κ1) is 28.3. The molecule has 0 atom stereocenters. The van der Waals surface area contributed by atoms with Crippen molar-refractivity contribution in [3.8, 4) is 12.1 Å². The zero-order valence-electron chi connectivity index (χ0n) is 23.6. The molecule has 214 valence electrons. The van der Waals surface area contributed by atoms with Crippen molar-refractivity contribution < 1.29 is 19.2 Å². The van der Waals surface area contributed by atoms with Crippen LogP contribution in [0.4, 0.5) is 11.4 Å². The molecule has 0 saturated carbocycles. The van der Waals surface area contributed by atoms with Crippen molar-refractivity contribution in [1.29, 1.82) is 10.5 Å². The molecule has 0 fully saturated rings. The van der Waals surface area contributed by atoms with Gasteiger partial charge in [-0.25, -0.2) is 9.97 Å². The van der Waals surface area contributed by atoms with Crippen molar-refractivity contribution in [2.75, 3.05) is 0 Å². The molecule has 0 N–H and O–H groups in total. The molecule has 46 heavy (non-hydrogen) atoms. The Bertz CT molecular complexity index is 2280. The van der Waals surface area contributed by atoms with Gasteiger partial charge < -0.3 is 0 Å². The molecule has 7 rings (SSSR count). The molecule has 0 bridgehead atoms. The molecule has 5 aromatic rings. The molecule has 0 radical (unpaired) electrons. The van der Waals surface area contributed by atoms with Gasteiger partial charge in [0.25, 0.3) is 0 Å². The van der Waals surface area contributed by atoms with E-state index in [-0.39, 0.29) is 55.9 Å². The third-order valence-electron chi connectivity index (χ3n) is 7.93. The maximum absolute atomic E-state index is 13.2. The number of hydrogen-bond donors (Lipinski definition) is 0. The van der Waals surface area contributed by atoms with E-state index in [1.807, 2.05) is 26.0 Å². The predicted molar refractivity (Wildman–Crippen MR) is 170 cm³/mol. The molecule has 0 amide bonds. The van der Waals surface area contributed by atoms with Crippen LogP contribution in [-0.2, 0) is 0 Å². The highest BCUT2D eigenvalue weighted by Gasteiger charge is 2.36. The Labute approximate surface area is 267 Å². The molecule has 0 aliphatic heterocycles. The van der Waals surface area contributed by atoms with Gasteiger partial charge in [0.1, 0.15) is 22.2 Å². The van der Waals surface area contributed by atoms with E-state index in [1.165, 1.54) is 59.1 Å². The smallest absolute Gasteiger partial charge is 0.197 e. The Morgan fingerprint density at radius 3 is 1.33 bits per heavy atom. The molecule has 0 unspecified atom stereocenters. The molecule has 2 heterocycles. The zero-order valence-corrected chi connectivity index (χ0v) is 25.2. The van der Waals surface area contributed by atoms with Gasteiger partial charge >= 0.3 is 0 Å². The first-order chi connectivity index (χ1) is 22.1. The minimum absolute atomic E-state index is 0.0115. The van der Waals surface area contributed by atoms with Crippen molar-refractivity contribution in [3.05, 3.63) is 113 Å². The number of fused-ring (bicyclic) bond motifs is 4. The number of thiazole rings is 2.